The minimum absolute atomic E-state index is 0.0232. The Kier molecular flexibility index (Phi) is 5.07. The van der Waals surface area contributed by atoms with Gasteiger partial charge in [-0.3, -0.25) is 0 Å². The summed E-state index contributed by atoms with van der Waals surface area (Å²) in [5, 5.41) is 0.631. The molecule has 24 heavy (non-hydrogen) atoms. The zero-order valence-electron chi connectivity index (χ0n) is 13.3. The second-order valence-corrected chi connectivity index (χ2v) is 18.1. The van der Waals surface area contributed by atoms with Gasteiger partial charge in [-0.2, -0.15) is 0 Å². The molecule has 0 aliphatic carbocycles. The number of carbonyl (C=O) groups excluding carboxylic acids is 1. The number of halogens is 3. The van der Waals surface area contributed by atoms with E-state index < -0.39 is 28.0 Å². The molecule has 2 aromatic rings. The minimum atomic E-state index is -3.82. The number of Topliss-reactive ketones (excluding diaryl/α,β-unsaturated/α-hetero) is 1. The van der Waals surface area contributed by atoms with Crippen LogP contribution in [0.4, 0.5) is 0 Å². The molecule has 0 spiro atoms. The fraction of sp³-hybridized carbons (Fsp3) is 0.278. The fourth-order valence-electron chi connectivity index (χ4n) is 3.50. The summed E-state index contributed by atoms with van der Waals surface area (Å²) in [6.45, 7) is 3.54. The molecule has 1 aliphatic rings. The maximum atomic E-state index is 12.6. The zero-order chi connectivity index (χ0) is 17.5. The average Bonchev–Trinajstić information content (AvgIpc) is 2.77. The molecule has 0 amide bonds. The van der Waals surface area contributed by atoms with Gasteiger partial charge in [-0.1, -0.05) is 0 Å². The number of rotatable bonds is 3. The second kappa shape index (κ2) is 6.66. The molecule has 2 nitrogen and oxygen atoms in total. The molecule has 0 saturated carbocycles. The van der Waals surface area contributed by atoms with Crippen molar-refractivity contribution in [3.8, 4) is 0 Å². The third-order valence-electron chi connectivity index (χ3n) is 4.81. The summed E-state index contributed by atoms with van der Waals surface area (Å²) in [7, 11) is 13.6. The number of hydrogen-bond acceptors (Lipinski definition) is 2. The summed E-state index contributed by atoms with van der Waals surface area (Å²) in [4.78, 5) is 12.6. The van der Waals surface area contributed by atoms with E-state index in [-0.39, 0.29) is 5.78 Å². The van der Waals surface area contributed by atoms with Gasteiger partial charge in [0.05, 0.1) is 0 Å². The molecular weight excluding hydrogens is 427 g/mol. The van der Waals surface area contributed by atoms with Crippen molar-refractivity contribution in [3.63, 3.8) is 0 Å². The van der Waals surface area contributed by atoms with E-state index in [4.69, 9.17) is 35.4 Å². The van der Waals surface area contributed by atoms with E-state index in [1.165, 1.54) is 0 Å². The van der Waals surface area contributed by atoms with Gasteiger partial charge in [0.25, 0.3) is 0 Å². The van der Waals surface area contributed by atoms with Crippen LogP contribution in [0.5, 0.6) is 0 Å². The SMILES string of the molecule is CC(=O)[C@@H]1[C@H](c2ccc(Cl)cc2)[O][Ge]([Cl])([Cl])[C@]1(C)c1ccccc1. The Balaban J connectivity index is 2.15. The van der Waals surface area contributed by atoms with E-state index in [1.807, 2.05) is 49.4 Å². The quantitative estimate of drug-likeness (QED) is 0.582. The van der Waals surface area contributed by atoms with Gasteiger partial charge in [-0.15, -0.1) is 0 Å². The molecular formula is C18H17Cl3GeO2. The molecule has 1 heterocycles. The third kappa shape index (κ3) is 2.93. The van der Waals surface area contributed by atoms with Crippen LogP contribution in [0.1, 0.15) is 31.1 Å². The van der Waals surface area contributed by atoms with Gasteiger partial charge in [0, 0.05) is 0 Å². The third-order valence-corrected chi connectivity index (χ3v) is 15.0. The monoisotopic (exact) mass is 444 g/mol. The molecule has 0 radical (unpaired) electrons. The number of hydrogen-bond donors (Lipinski definition) is 0. The van der Waals surface area contributed by atoms with Crippen molar-refractivity contribution in [1.29, 1.82) is 0 Å². The van der Waals surface area contributed by atoms with E-state index in [0.29, 0.717) is 5.02 Å². The molecule has 0 bridgehead atoms. The fourth-order valence-corrected chi connectivity index (χ4v) is 11.3. The van der Waals surface area contributed by atoms with Crippen LogP contribution >= 0.6 is 31.6 Å². The Morgan fingerprint density at radius 3 is 2.21 bits per heavy atom. The second-order valence-electron chi connectivity index (χ2n) is 6.26. The van der Waals surface area contributed by atoms with Crippen molar-refractivity contribution in [3.05, 3.63) is 70.7 Å². The van der Waals surface area contributed by atoms with Crippen molar-refractivity contribution >= 4 is 49.1 Å². The average molecular weight is 444 g/mol. The first kappa shape index (κ1) is 18.3. The Labute approximate surface area is 158 Å². The molecule has 3 rings (SSSR count). The molecule has 3 atom stereocenters. The van der Waals surface area contributed by atoms with Gasteiger partial charge in [-0.25, -0.2) is 0 Å². The maximum absolute atomic E-state index is 12.6. The Morgan fingerprint density at radius 1 is 1.08 bits per heavy atom. The van der Waals surface area contributed by atoms with Crippen LogP contribution in [0, 0.1) is 5.92 Å². The molecule has 0 unspecified atom stereocenters. The molecule has 6 heteroatoms. The van der Waals surface area contributed by atoms with Crippen molar-refractivity contribution < 1.29 is 8.56 Å². The number of carbonyl (C=O) groups is 1. The van der Waals surface area contributed by atoms with Crippen LogP contribution < -0.4 is 0 Å². The van der Waals surface area contributed by atoms with Crippen molar-refractivity contribution in [2.24, 2.45) is 5.92 Å². The predicted octanol–water partition coefficient (Wildman–Crippen LogP) is 5.53. The van der Waals surface area contributed by atoms with Crippen molar-refractivity contribution in [2.45, 2.75) is 24.2 Å². The molecule has 1 saturated heterocycles. The topological polar surface area (TPSA) is 26.3 Å². The predicted molar refractivity (Wildman–Crippen MR) is 101 cm³/mol. The Morgan fingerprint density at radius 2 is 1.67 bits per heavy atom. The molecule has 0 aromatic heterocycles. The van der Waals surface area contributed by atoms with Gasteiger partial charge < -0.3 is 0 Å². The molecule has 1 aliphatic heterocycles. The van der Waals surface area contributed by atoms with Gasteiger partial charge in [0.2, 0.25) is 0 Å². The van der Waals surface area contributed by atoms with Crippen LogP contribution in [-0.4, -0.2) is 17.5 Å². The zero-order valence-corrected chi connectivity index (χ0v) is 17.7. The first-order valence-corrected chi connectivity index (χ1v) is 15.4. The van der Waals surface area contributed by atoms with Gasteiger partial charge in [-0.05, 0) is 0 Å². The first-order chi connectivity index (χ1) is 11.3. The standard InChI is InChI=1S/C18H17Cl3GeO2/c1-12(23)16-17(13-8-10-15(19)11-9-13)24-22(20,21)18(16,2)14-6-4-3-5-7-14/h3-11,16-17H,1-2H3/t16-,17+,18-/m1/s1. The summed E-state index contributed by atoms with van der Waals surface area (Å²) in [5.74, 6) is -0.411. The Hall–Kier alpha value is -0.517. The van der Waals surface area contributed by atoms with E-state index in [0.717, 1.165) is 11.1 Å². The molecule has 0 N–H and O–H groups in total. The van der Waals surface area contributed by atoms with E-state index in [1.54, 1.807) is 19.1 Å². The first-order valence-electron chi connectivity index (χ1n) is 7.64. The van der Waals surface area contributed by atoms with Crippen LogP contribution in [0.2, 0.25) is 5.02 Å². The van der Waals surface area contributed by atoms with Crippen LogP contribution in [-0.2, 0) is 12.8 Å². The normalized spacial score (nSPS) is 28.7. The number of benzene rings is 2. The molecule has 1 fully saturated rings. The van der Waals surface area contributed by atoms with Crippen LogP contribution in [0.25, 0.3) is 0 Å². The van der Waals surface area contributed by atoms with Crippen LogP contribution in [0.3, 0.4) is 0 Å². The summed E-state index contributed by atoms with van der Waals surface area (Å²) in [6.07, 6.45) is -0.458. The van der Waals surface area contributed by atoms with Crippen molar-refractivity contribution in [1.82, 2.24) is 0 Å². The van der Waals surface area contributed by atoms with Gasteiger partial charge >= 0.3 is 159 Å². The Bertz CT molecular complexity index is 749. The number of ketones is 1. The van der Waals surface area contributed by atoms with E-state index >= 15 is 0 Å². The van der Waals surface area contributed by atoms with Crippen LogP contribution in [0.15, 0.2) is 54.6 Å². The molecule has 2 aromatic carbocycles. The summed E-state index contributed by atoms with van der Waals surface area (Å²) in [6, 6.07) is 17.0. The van der Waals surface area contributed by atoms with E-state index in [2.05, 4.69) is 0 Å². The molecule has 126 valence electrons. The summed E-state index contributed by atoms with van der Waals surface area (Å²) >= 11 is 2.15. The van der Waals surface area contributed by atoms with Crippen molar-refractivity contribution in [2.75, 3.05) is 0 Å². The van der Waals surface area contributed by atoms with Gasteiger partial charge in [0.1, 0.15) is 0 Å². The summed E-state index contributed by atoms with van der Waals surface area (Å²) < 4.78 is 5.48. The van der Waals surface area contributed by atoms with Gasteiger partial charge in [0.15, 0.2) is 0 Å². The van der Waals surface area contributed by atoms with E-state index in [9.17, 15) is 4.79 Å². The summed E-state index contributed by atoms with van der Waals surface area (Å²) in [5.41, 5.74) is 1.82.